The Hall–Kier alpha value is -0.790. The van der Waals surface area contributed by atoms with Crippen molar-refractivity contribution in [1.82, 2.24) is 0 Å². The minimum Gasteiger partial charge on any atom is -0.497 e. The fraction of sp³-hybridized carbons (Fsp3) is 0.667. The normalized spacial score (nSPS) is 37.4. The van der Waals surface area contributed by atoms with Gasteiger partial charge < -0.3 is 4.74 Å². The number of aldehydes is 1. The summed E-state index contributed by atoms with van der Waals surface area (Å²) >= 11 is 0. The molecule has 1 aliphatic heterocycles. The molecule has 1 N–H and O–H groups in total. The third-order valence-electron chi connectivity index (χ3n) is 2.62. The van der Waals surface area contributed by atoms with Crippen LogP contribution in [0.2, 0.25) is 0 Å². The first kappa shape index (κ1) is 8.31. The molecule has 0 aromatic rings. The second kappa shape index (κ2) is 3.07. The van der Waals surface area contributed by atoms with Gasteiger partial charge in [0, 0.05) is 0 Å². The lowest BCUT2D eigenvalue weighted by molar-refractivity contribution is 0.0707. The molecule has 2 nitrogen and oxygen atoms in total. The summed E-state index contributed by atoms with van der Waals surface area (Å²) in [4.78, 5) is 8.79. The maximum absolute atomic E-state index is 8.79. The van der Waals surface area contributed by atoms with Gasteiger partial charge >= 0.3 is 6.29 Å². The van der Waals surface area contributed by atoms with Crippen LogP contribution < -0.4 is 0 Å². The van der Waals surface area contributed by atoms with Gasteiger partial charge in [-0.3, -0.25) is 4.79 Å². The Morgan fingerprint density at radius 2 is 2.09 bits per heavy atom. The summed E-state index contributed by atoms with van der Waals surface area (Å²) in [5.41, 5.74) is 0.885. The molecule has 0 bridgehead atoms. The lowest BCUT2D eigenvalue weighted by Gasteiger charge is -2.29. The summed E-state index contributed by atoms with van der Waals surface area (Å²) in [7, 11) is 0. The molecule has 0 spiro atoms. The third-order valence-corrected chi connectivity index (χ3v) is 2.62. The molecule has 0 aliphatic carbocycles. The fourth-order valence-corrected chi connectivity index (χ4v) is 1.28. The van der Waals surface area contributed by atoms with Crippen LogP contribution >= 0.6 is 0 Å². The molecule has 2 heteroatoms. The van der Waals surface area contributed by atoms with Gasteiger partial charge in [-0.25, -0.2) is 0 Å². The van der Waals surface area contributed by atoms with E-state index >= 15 is 0 Å². The Morgan fingerprint density at radius 1 is 1.45 bits per heavy atom. The van der Waals surface area contributed by atoms with Gasteiger partial charge in [0.15, 0.2) is 0 Å². The highest BCUT2D eigenvalue weighted by Gasteiger charge is 2.28. The molecular weight excluding hydrogens is 140 g/mol. The molecule has 0 saturated heterocycles. The van der Waals surface area contributed by atoms with Crippen molar-refractivity contribution in [3.8, 4) is 0 Å². The highest BCUT2D eigenvalue weighted by molar-refractivity contribution is 5.74. The summed E-state index contributed by atoms with van der Waals surface area (Å²) in [6.07, 6.45) is 3.04. The van der Waals surface area contributed by atoms with Crippen LogP contribution in [-0.2, 0) is 4.74 Å². The van der Waals surface area contributed by atoms with Crippen molar-refractivity contribution in [2.75, 3.05) is 0 Å². The van der Waals surface area contributed by atoms with E-state index in [2.05, 4.69) is 13.8 Å². The van der Waals surface area contributed by atoms with Crippen molar-refractivity contribution in [2.24, 2.45) is 11.8 Å². The standard InChI is InChI=1S/C9H14O2/c1-6-7(2)9(4-10)5-11-8(6)3/h4-8H,1-3H3/p+1. The smallest absolute Gasteiger partial charge is 0.311 e. The van der Waals surface area contributed by atoms with E-state index in [0.29, 0.717) is 11.8 Å². The maximum Gasteiger partial charge on any atom is 0.311 e. The molecule has 3 atom stereocenters. The van der Waals surface area contributed by atoms with Crippen LogP contribution in [0.4, 0.5) is 0 Å². The van der Waals surface area contributed by atoms with Crippen molar-refractivity contribution < 1.29 is 9.53 Å². The average molecular weight is 155 g/mol. The quantitative estimate of drug-likeness (QED) is 0.419. The SMILES string of the molecule is CC1OC=C(C=[OH+])C(C)C1C. The molecule has 0 saturated carbocycles. The van der Waals surface area contributed by atoms with Crippen molar-refractivity contribution in [3.63, 3.8) is 0 Å². The van der Waals surface area contributed by atoms with Gasteiger partial charge in [-0.05, 0) is 18.8 Å². The monoisotopic (exact) mass is 155 g/mol. The number of allylic oxidation sites excluding steroid dienone is 1. The van der Waals surface area contributed by atoms with Gasteiger partial charge in [0.05, 0.1) is 17.9 Å². The van der Waals surface area contributed by atoms with E-state index in [1.54, 1.807) is 6.26 Å². The Bertz CT molecular complexity index is 184. The molecule has 11 heavy (non-hydrogen) atoms. The number of ether oxygens (including phenoxy) is 1. The van der Waals surface area contributed by atoms with E-state index in [9.17, 15) is 0 Å². The Kier molecular flexibility index (Phi) is 2.32. The van der Waals surface area contributed by atoms with E-state index in [1.165, 1.54) is 0 Å². The summed E-state index contributed by atoms with van der Waals surface area (Å²) in [6.45, 7) is 6.28. The molecule has 1 rings (SSSR count). The minimum atomic E-state index is 0.258. The lowest BCUT2D eigenvalue weighted by atomic mass is 9.85. The van der Waals surface area contributed by atoms with Crippen molar-refractivity contribution in [3.05, 3.63) is 11.8 Å². The van der Waals surface area contributed by atoms with Crippen LogP contribution in [0.25, 0.3) is 0 Å². The summed E-state index contributed by atoms with van der Waals surface area (Å²) in [6, 6.07) is 0. The number of hydrogen-bond donors (Lipinski definition) is 0. The van der Waals surface area contributed by atoms with Crippen LogP contribution in [0.3, 0.4) is 0 Å². The summed E-state index contributed by atoms with van der Waals surface area (Å²) < 4.78 is 5.31. The first-order valence-corrected chi connectivity index (χ1v) is 3.99. The first-order chi connectivity index (χ1) is 5.16. The fourth-order valence-electron chi connectivity index (χ4n) is 1.28. The highest BCUT2D eigenvalue weighted by Crippen LogP contribution is 2.28. The van der Waals surface area contributed by atoms with Gasteiger partial charge in [0.1, 0.15) is 0 Å². The summed E-state index contributed by atoms with van der Waals surface area (Å²) in [5.74, 6) is 0.863. The zero-order valence-corrected chi connectivity index (χ0v) is 7.24. The predicted octanol–water partition coefficient (Wildman–Crippen LogP) is 1.74. The van der Waals surface area contributed by atoms with Crippen LogP contribution in [0.15, 0.2) is 11.8 Å². The van der Waals surface area contributed by atoms with E-state index in [1.807, 2.05) is 6.92 Å². The molecule has 1 heterocycles. The van der Waals surface area contributed by atoms with Gasteiger partial charge in [-0.15, -0.1) is 0 Å². The van der Waals surface area contributed by atoms with Gasteiger partial charge in [0.2, 0.25) is 0 Å². The Morgan fingerprint density at radius 3 is 2.64 bits per heavy atom. The van der Waals surface area contributed by atoms with Crippen molar-refractivity contribution >= 4 is 6.29 Å². The second-order valence-electron chi connectivity index (χ2n) is 3.24. The molecule has 62 valence electrons. The van der Waals surface area contributed by atoms with E-state index in [-0.39, 0.29) is 6.10 Å². The molecular formula is C9H15O2+. The molecule has 0 radical (unpaired) electrons. The van der Waals surface area contributed by atoms with Crippen LogP contribution in [0, 0.1) is 11.8 Å². The van der Waals surface area contributed by atoms with E-state index in [0.717, 1.165) is 11.9 Å². The lowest BCUT2D eigenvalue weighted by Crippen LogP contribution is -2.28. The Labute approximate surface area is 67.2 Å². The zero-order chi connectivity index (χ0) is 8.43. The topological polar surface area (TPSA) is 30.6 Å². The predicted molar refractivity (Wildman–Crippen MR) is 45.0 cm³/mol. The van der Waals surface area contributed by atoms with Crippen LogP contribution in [0.1, 0.15) is 20.8 Å². The van der Waals surface area contributed by atoms with E-state index < -0.39 is 0 Å². The largest absolute Gasteiger partial charge is 0.497 e. The molecule has 0 fully saturated rings. The molecule has 1 aliphatic rings. The summed E-state index contributed by atoms with van der Waals surface area (Å²) in [5, 5.41) is 0. The number of rotatable bonds is 1. The van der Waals surface area contributed by atoms with Crippen molar-refractivity contribution in [1.29, 1.82) is 0 Å². The molecule has 0 aromatic carbocycles. The highest BCUT2D eigenvalue weighted by atomic mass is 16.5. The van der Waals surface area contributed by atoms with Crippen LogP contribution in [-0.4, -0.2) is 17.2 Å². The van der Waals surface area contributed by atoms with Crippen LogP contribution in [0.5, 0.6) is 0 Å². The van der Waals surface area contributed by atoms with E-state index in [4.69, 9.17) is 9.53 Å². The molecule has 3 unspecified atom stereocenters. The molecule has 0 amide bonds. The second-order valence-corrected chi connectivity index (χ2v) is 3.24. The molecule has 0 aromatic heterocycles. The van der Waals surface area contributed by atoms with Gasteiger partial charge in [-0.2, -0.15) is 0 Å². The van der Waals surface area contributed by atoms with Gasteiger partial charge in [0.25, 0.3) is 0 Å². The minimum absolute atomic E-state index is 0.258. The maximum atomic E-state index is 8.79. The average Bonchev–Trinajstić information content (AvgIpc) is 2.01. The third kappa shape index (κ3) is 1.44. The van der Waals surface area contributed by atoms with Crippen molar-refractivity contribution in [2.45, 2.75) is 26.9 Å². The first-order valence-electron chi connectivity index (χ1n) is 3.99. The number of carbonyl (C=O) groups excluding carboxylic acids is 1. The zero-order valence-electron chi connectivity index (χ0n) is 7.24. The number of hydrogen-bond acceptors (Lipinski definition) is 1. The van der Waals surface area contributed by atoms with Gasteiger partial charge in [-0.1, -0.05) is 13.8 Å². The Balaban J connectivity index is 2.78.